The number of hydrogen-bond acceptors (Lipinski definition) is 9. The monoisotopic (exact) mass is 478 g/mol. The van der Waals surface area contributed by atoms with Crippen LogP contribution < -0.4 is 10.9 Å². The van der Waals surface area contributed by atoms with Crippen LogP contribution >= 0.6 is 0 Å². The van der Waals surface area contributed by atoms with Crippen molar-refractivity contribution in [2.75, 3.05) is 38.0 Å². The lowest BCUT2D eigenvalue weighted by Gasteiger charge is -2.11. The van der Waals surface area contributed by atoms with Crippen LogP contribution in [-0.4, -0.2) is 68.4 Å². The normalized spacial score (nSPS) is 16.5. The van der Waals surface area contributed by atoms with Gasteiger partial charge < -0.3 is 24.2 Å². The first kappa shape index (κ1) is 24.6. The van der Waals surface area contributed by atoms with Crippen LogP contribution in [0.2, 0.25) is 0 Å². The molecule has 12 heteroatoms. The number of anilines is 1. The van der Waals surface area contributed by atoms with Crippen LogP contribution in [0, 0.1) is 0 Å². The van der Waals surface area contributed by atoms with Crippen molar-refractivity contribution in [2.24, 2.45) is 12.2 Å². The first-order valence-electron chi connectivity index (χ1n) is 10.3. The number of amides is 1. The summed E-state index contributed by atoms with van der Waals surface area (Å²) in [6.45, 7) is 1.24. The van der Waals surface area contributed by atoms with E-state index in [1.165, 1.54) is 49.2 Å². The van der Waals surface area contributed by atoms with E-state index in [-0.39, 0.29) is 33.8 Å². The number of aromatic nitrogens is 2. The number of aryl methyl sites for hydroxylation is 1. The molecule has 2 aromatic rings. The molecule has 1 atom stereocenters. The minimum absolute atomic E-state index is 0.0508. The fourth-order valence-corrected chi connectivity index (χ4v) is 4.30. The summed E-state index contributed by atoms with van der Waals surface area (Å²) in [7, 11) is -0.446. The Morgan fingerprint density at radius 3 is 2.73 bits per heavy atom. The van der Waals surface area contributed by atoms with Crippen molar-refractivity contribution in [3.63, 3.8) is 0 Å². The number of rotatable bonds is 10. The fraction of sp³-hybridized carbons (Fsp3) is 0.429. The summed E-state index contributed by atoms with van der Waals surface area (Å²) in [5.41, 5.74) is -0.0401. The predicted octanol–water partition coefficient (Wildman–Crippen LogP) is 0.739. The fourth-order valence-electron chi connectivity index (χ4n) is 3.02. The molecule has 0 spiro atoms. The zero-order valence-electron chi connectivity index (χ0n) is 18.4. The zero-order chi connectivity index (χ0) is 23.8. The average molecular weight is 479 g/mol. The van der Waals surface area contributed by atoms with Gasteiger partial charge in [0.25, 0.3) is 11.5 Å². The Hall–Kier alpha value is -3.09. The van der Waals surface area contributed by atoms with E-state index in [2.05, 4.69) is 15.5 Å². The number of nitrogens with zero attached hydrogens (tertiary/aromatic N) is 3. The molecule has 0 saturated carbocycles. The molecule has 1 amide bonds. The highest BCUT2D eigenvalue weighted by Gasteiger charge is 2.22. The van der Waals surface area contributed by atoms with E-state index in [0.717, 1.165) is 6.20 Å². The van der Waals surface area contributed by atoms with Crippen LogP contribution in [0.5, 0.6) is 0 Å². The van der Waals surface area contributed by atoms with Gasteiger partial charge in [0.15, 0.2) is 21.7 Å². The van der Waals surface area contributed by atoms with Crippen molar-refractivity contribution >= 4 is 27.3 Å². The summed E-state index contributed by atoms with van der Waals surface area (Å²) in [6, 6.07) is 5.82. The minimum atomic E-state index is -3.49. The highest BCUT2D eigenvalue weighted by atomic mass is 32.2. The zero-order valence-corrected chi connectivity index (χ0v) is 19.2. The van der Waals surface area contributed by atoms with Gasteiger partial charge in [-0.05, 0) is 18.6 Å². The summed E-state index contributed by atoms with van der Waals surface area (Å²) >= 11 is 0. The SMILES string of the molecule is COCCCS(=O)(=O)c1ccc(/C(=N\O[C@@H]2CCOC2)C(=O)Nc2cn(C)c(=O)cn2)cc1. The average Bonchev–Trinajstić information content (AvgIpc) is 3.30. The number of benzene rings is 1. The van der Waals surface area contributed by atoms with E-state index in [0.29, 0.717) is 38.2 Å². The first-order chi connectivity index (χ1) is 15.8. The Bertz CT molecular complexity index is 1150. The Balaban J connectivity index is 1.83. The van der Waals surface area contributed by atoms with Crippen LogP contribution in [0.4, 0.5) is 5.82 Å². The molecule has 1 fully saturated rings. The second-order valence-electron chi connectivity index (χ2n) is 7.40. The van der Waals surface area contributed by atoms with Crippen molar-refractivity contribution in [1.82, 2.24) is 9.55 Å². The van der Waals surface area contributed by atoms with Gasteiger partial charge in [0.1, 0.15) is 5.82 Å². The topological polar surface area (TPSA) is 138 Å². The lowest BCUT2D eigenvalue weighted by atomic mass is 10.1. The lowest BCUT2D eigenvalue weighted by Crippen LogP contribution is -2.27. The molecule has 11 nitrogen and oxygen atoms in total. The Morgan fingerprint density at radius 1 is 1.33 bits per heavy atom. The molecule has 178 valence electrons. The van der Waals surface area contributed by atoms with Crippen molar-refractivity contribution < 1.29 is 27.5 Å². The van der Waals surface area contributed by atoms with E-state index in [1.807, 2.05) is 0 Å². The molecule has 33 heavy (non-hydrogen) atoms. The van der Waals surface area contributed by atoms with Gasteiger partial charge in [0.05, 0.1) is 30.1 Å². The number of ether oxygens (including phenoxy) is 2. The van der Waals surface area contributed by atoms with Gasteiger partial charge in [-0.25, -0.2) is 13.4 Å². The van der Waals surface area contributed by atoms with Gasteiger partial charge in [-0.3, -0.25) is 9.59 Å². The summed E-state index contributed by atoms with van der Waals surface area (Å²) in [5, 5.41) is 6.61. The van der Waals surface area contributed by atoms with E-state index in [4.69, 9.17) is 14.3 Å². The molecule has 1 aromatic carbocycles. The van der Waals surface area contributed by atoms with Crippen LogP contribution in [0.15, 0.2) is 51.5 Å². The summed E-state index contributed by atoms with van der Waals surface area (Å²) in [4.78, 5) is 34.0. The van der Waals surface area contributed by atoms with Crippen LogP contribution in [0.1, 0.15) is 18.4 Å². The summed E-state index contributed by atoms with van der Waals surface area (Å²) in [5.74, 6) is -0.530. The van der Waals surface area contributed by atoms with Crippen molar-refractivity contribution in [3.8, 4) is 0 Å². The molecule has 2 heterocycles. The van der Waals surface area contributed by atoms with E-state index >= 15 is 0 Å². The molecule has 3 rings (SSSR count). The summed E-state index contributed by atoms with van der Waals surface area (Å²) < 4.78 is 36.4. The number of nitrogens with one attached hydrogen (secondary N) is 1. The second kappa shape index (κ2) is 11.2. The third-order valence-corrected chi connectivity index (χ3v) is 6.68. The highest BCUT2D eigenvalue weighted by molar-refractivity contribution is 7.91. The molecular formula is C21H26N4O7S. The number of hydrogen-bond donors (Lipinski definition) is 1. The maximum Gasteiger partial charge on any atom is 0.279 e. The first-order valence-corrected chi connectivity index (χ1v) is 11.9. The quantitative estimate of drug-likeness (QED) is 0.300. The van der Waals surface area contributed by atoms with Crippen molar-refractivity contribution in [3.05, 3.63) is 52.6 Å². The van der Waals surface area contributed by atoms with Crippen molar-refractivity contribution in [2.45, 2.75) is 23.8 Å². The third-order valence-electron chi connectivity index (χ3n) is 4.86. The summed E-state index contributed by atoms with van der Waals surface area (Å²) in [6.07, 6.45) is 3.18. The molecule has 1 N–H and O–H groups in total. The smallest absolute Gasteiger partial charge is 0.279 e. The molecule has 0 aliphatic carbocycles. The molecule has 1 aromatic heterocycles. The van der Waals surface area contributed by atoms with Gasteiger partial charge >= 0.3 is 0 Å². The molecule has 1 saturated heterocycles. The molecule has 0 radical (unpaired) electrons. The number of sulfone groups is 1. The van der Waals surface area contributed by atoms with E-state index in [9.17, 15) is 18.0 Å². The lowest BCUT2D eigenvalue weighted by molar-refractivity contribution is -0.110. The molecule has 0 unspecified atom stereocenters. The Labute approximate surface area is 191 Å². The van der Waals surface area contributed by atoms with Crippen LogP contribution in [0.3, 0.4) is 0 Å². The maximum atomic E-state index is 13.0. The minimum Gasteiger partial charge on any atom is -0.389 e. The largest absolute Gasteiger partial charge is 0.389 e. The number of carbonyl (C=O) groups is 1. The third kappa shape index (κ3) is 6.70. The molecular weight excluding hydrogens is 452 g/mol. The molecule has 1 aliphatic rings. The van der Waals surface area contributed by atoms with Gasteiger partial charge in [0.2, 0.25) is 0 Å². The maximum absolute atomic E-state index is 13.0. The Kier molecular flexibility index (Phi) is 8.31. The van der Waals surface area contributed by atoms with Gasteiger partial charge in [-0.1, -0.05) is 17.3 Å². The van der Waals surface area contributed by atoms with Gasteiger partial charge in [-0.15, -0.1) is 0 Å². The number of oxime groups is 1. The number of methoxy groups -OCH3 is 1. The van der Waals surface area contributed by atoms with Crippen molar-refractivity contribution in [1.29, 1.82) is 0 Å². The Morgan fingerprint density at radius 2 is 2.09 bits per heavy atom. The number of carbonyl (C=O) groups excluding carboxylic acids is 1. The second-order valence-corrected chi connectivity index (χ2v) is 9.51. The van der Waals surface area contributed by atoms with E-state index in [1.54, 1.807) is 0 Å². The molecule has 0 bridgehead atoms. The standard InChI is InChI=1S/C21H26N4O7S/c1-25-13-18(22-12-19(25)26)23-21(27)20(24-32-16-8-10-31-14-16)15-4-6-17(7-5-15)33(28,29)11-3-9-30-2/h4-7,12-13,16H,3,8-11,14H2,1-2H3,(H,23,27)/b24-20+/t16-/m1/s1. The van der Waals surface area contributed by atoms with Gasteiger partial charge in [0, 0.05) is 38.9 Å². The molecule has 1 aliphatic heterocycles. The van der Waals surface area contributed by atoms with Crippen LogP contribution in [0.25, 0.3) is 0 Å². The van der Waals surface area contributed by atoms with Gasteiger partial charge in [-0.2, -0.15) is 0 Å². The van der Waals surface area contributed by atoms with Crippen LogP contribution in [-0.2, 0) is 36.0 Å². The predicted molar refractivity (Wildman–Crippen MR) is 120 cm³/mol. The highest BCUT2D eigenvalue weighted by Crippen LogP contribution is 2.16. The van der Waals surface area contributed by atoms with E-state index < -0.39 is 15.7 Å².